The SMILES string of the molecule is CNC(=O)c1cc2c(nc1N(C)C)CCN(Cc1ccccc1)CC2.O=C(O)C(F)(F)F.O=C(O)C(F)(F)F. The molecule has 216 valence electrons. The minimum atomic E-state index is -5.08. The van der Waals surface area contributed by atoms with Gasteiger partial charge in [0.1, 0.15) is 5.82 Å². The fourth-order valence-electron chi connectivity index (χ4n) is 3.31. The molecule has 15 heteroatoms. The molecule has 1 aromatic heterocycles. The number of halogens is 6. The van der Waals surface area contributed by atoms with E-state index in [-0.39, 0.29) is 5.91 Å². The van der Waals surface area contributed by atoms with Crippen LogP contribution in [0.15, 0.2) is 36.4 Å². The molecular weight excluding hydrogens is 538 g/mol. The van der Waals surface area contributed by atoms with E-state index in [1.165, 1.54) is 11.1 Å². The summed E-state index contributed by atoms with van der Waals surface area (Å²) in [4.78, 5) is 39.2. The second-order valence-electron chi connectivity index (χ2n) is 8.31. The number of nitrogens with one attached hydrogen (secondary N) is 1. The lowest BCUT2D eigenvalue weighted by atomic mass is 10.0. The van der Waals surface area contributed by atoms with Crippen LogP contribution in [-0.4, -0.2) is 84.5 Å². The molecule has 0 bridgehead atoms. The number of aromatic nitrogens is 1. The average molecular weight is 566 g/mol. The van der Waals surface area contributed by atoms with E-state index in [4.69, 9.17) is 24.8 Å². The number of fused-ring (bicyclic) bond motifs is 1. The van der Waals surface area contributed by atoms with Crippen molar-refractivity contribution >= 4 is 23.7 Å². The zero-order chi connectivity index (χ0) is 30.0. The largest absolute Gasteiger partial charge is 0.490 e. The molecule has 1 aliphatic heterocycles. The van der Waals surface area contributed by atoms with Crippen molar-refractivity contribution in [3.8, 4) is 0 Å². The number of carbonyl (C=O) groups excluding carboxylic acids is 1. The number of nitrogens with zero attached hydrogens (tertiary/aromatic N) is 3. The van der Waals surface area contributed by atoms with Gasteiger partial charge in [-0.05, 0) is 23.6 Å². The Balaban J connectivity index is 0.000000449. The molecular formula is C24H28F6N4O5. The van der Waals surface area contributed by atoms with Crippen molar-refractivity contribution in [1.82, 2.24) is 15.2 Å². The second kappa shape index (κ2) is 14.3. The van der Waals surface area contributed by atoms with Crippen LogP contribution in [0.5, 0.6) is 0 Å². The number of alkyl halides is 6. The molecule has 0 radical (unpaired) electrons. The van der Waals surface area contributed by atoms with Crippen LogP contribution in [0.2, 0.25) is 0 Å². The minimum Gasteiger partial charge on any atom is -0.475 e. The third kappa shape index (κ3) is 11.2. The van der Waals surface area contributed by atoms with Crippen LogP contribution in [0.25, 0.3) is 0 Å². The summed E-state index contributed by atoms with van der Waals surface area (Å²) in [6.07, 6.45) is -8.33. The molecule has 0 fully saturated rings. The monoisotopic (exact) mass is 566 g/mol. The molecule has 0 unspecified atom stereocenters. The van der Waals surface area contributed by atoms with Gasteiger partial charge in [0, 0.05) is 52.9 Å². The third-order valence-electron chi connectivity index (χ3n) is 5.16. The van der Waals surface area contributed by atoms with Crippen molar-refractivity contribution in [3.63, 3.8) is 0 Å². The molecule has 0 atom stereocenters. The van der Waals surface area contributed by atoms with Gasteiger partial charge in [-0.15, -0.1) is 0 Å². The van der Waals surface area contributed by atoms with E-state index in [9.17, 15) is 31.1 Å². The summed E-state index contributed by atoms with van der Waals surface area (Å²) in [5.74, 6) is -4.85. The van der Waals surface area contributed by atoms with Crippen LogP contribution in [0, 0.1) is 0 Å². The summed E-state index contributed by atoms with van der Waals surface area (Å²) in [6.45, 7) is 2.93. The maximum atomic E-state index is 12.2. The predicted molar refractivity (Wildman–Crippen MR) is 128 cm³/mol. The van der Waals surface area contributed by atoms with Gasteiger partial charge >= 0.3 is 24.3 Å². The van der Waals surface area contributed by atoms with Gasteiger partial charge in [-0.3, -0.25) is 9.69 Å². The van der Waals surface area contributed by atoms with Crippen LogP contribution >= 0.6 is 0 Å². The Morgan fingerprint density at radius 3 is 1.87 bits per heavy atom. The first-order valence-corrected chi connectivity index (χ1v) is 11.3. The second-order valence-corrected chi connectivity index (χ2v) is 8.31. The summed E-state index contributed by atoms with van der Waals surface area (Å²) in [7, 11) is 5.52. The number of aliphatic carboxylic acids is 2. The zero-order valence-electron chi connectivity index (χ0n) is 21.2. The van der Waals surface area contributed by atoms with Crippen molar-refractivity contribution in [2.24, 2.45) is 0 Å². The summed E-state index contributed by atoms with van der Waals surface area (Å²) >= 11 is 0. The lowest BCUT2D eigenvalue weighted by Gasteiger charge is -2.19. The summed E-state index contributed by atoms with van der Waals surface area (Å²) in [6, 6.07) is 12.6. The highest BCUT2D eigenvalue weighted by Crippen LogP contribution is 2.24. The number of carboxylic acid groups (broad SMARTS) is 2. The quantitative estimate of drug-likeness (QED) is 0.482. The van der Waals surface area contributed by atoms with Crippen LogP contribution in [-0.2, 0) is 29.0 Å². The number of hydrogen-bond donors (Lipinski definition) is 3. The third-order valence-corrected chi connectivity index (χ3v) is 5.16. The first-order chi connectivity index (χ1) is 18.0. The Bertz CT molecular complexity index is 1100. The highest BCUT2D eigenvalue weighted by molar-refractivity contribution is 5.99. The van der Waals surface area contributed by atoms with E-state index in [1.807, 2.05) is 25.1 Å². The molecule has 3 rings (SSSR count). The lowest BCUT2D eigenvalue weighted by Crippen LogP contribution is -2.25. The van der Waals surface area contributed by atoms with Crippen molar-refractivity contribution in [1.29, 1.82) is 0 Å². The molecule has 1 amide bonds. The number of amides is 1. The molecule has 39 heavy (non-hydrogen) atoms. The predicted octanol–water partition coefficient (Wildman–Crippen LogP) is 3.37. The Morgan fingerprint density at radius 1 is 0.949 bits per heavy atom. The van der Waals surface area contributed by atoms with E-state index >= 15 is 0 Å². The first kappa shape index (κ1) is 33.1. The van der Waals surface area contributed by atoms with Crippen LogP contribution < -0.4 is 10.2 Å². The number of carbonyl (C=O) groups is 3. The summed E-state index contributed by atoms with van der Waals surface area (Å²) < 4.78 is 63.5. The minimum absolute atomic E-state index is 0.0793. The summed E-state index contributed by atoms with van der Waals surface area (Å²) in [5, 5.41) is 17.0. The Morgan fingerprint density at radius 2 is 1.44 bits per heavy atom. The number of carboxylic acids is 2. The van der Waals surface area contributed by atoms with Gasteiger partial charge in [0.05, 0.1) is 5.56 Å². The average Bonchev–Trinajstić information content (AvgIpc) is 3.04. The van der Waals surface area contributed by atoms with Gasteiger partial charge in [0.25, 0.3) is 5.91 Å². The fourth-order valence-corrected chi connectivity index (χ4v) is 3.31. The van der Waals surface area contributed by atoms with Gasteiger partial charge in [-0.1, -0.05) is 30.3 Å². The highest BCUT2D eigenvalue weighted by atomic mass is 19.4. The highest BCUT2D eigenvalue weighted by Gasteiger charge is 2.38. The van der Waals surface area contributed by atoms with Crippen LogP contribution in [0.3, 0.4) is 0 Å². The van der Waals surface area contributed by atoms with Crippen molar-refractivity contribution < 1.29 is 50.9 Å². The van der Waals surface area contributed by atoms with Crippen molar-refractivity contribution in [2.75, 3.05) is 39.1 Å². The molecule has 1 aromatic carbocycles. The zero-order valence-corrected chi connectivity index (χ0v) is 21.2. The number of pyridine rings is 1. The van der Waals surface area contributed by atoms with Gasteiger partial charge < -0.3 is 20.4 Å². The molecule has 0 saturated carbocycles. The standard InChI is InChI=1S/C20H26N4O.2C2HF3O2/c1-21-20(25)17-13-16-9-11-24(14-15-7-5-4-6-8-15)12-10-18(16)22-19(17)23(2)3;2*3-2(4,5)1(6)7/h4-8,13H,9-12,14H2,1-3H3,(H,21,25);2*(H,6,7). The van der Waals surface area contributed by atoms with Crippen LogP contribution in [0.1, 0.15) is 27.2 Å². The molecule has 2 aromatic rings. The van der Waals surface area contributed by atoms with E-state index in [0.29, 0.717) is 5.56 Å². The Kier molecular flexibility index (Phi) is 12.2. The van der Waals surface area contributed by atoms with E-state index in [1.54, 1.807) is 7.05 Å². The molecule has 2 heterocycles. The smallest absolute Gasteiger partial charge is 0.475 e. The van der Waals surface area contributed by atoms with Gasteiger partial charge in [0.2, 0.25) is 0 Å². The maximum Gasteiger partial charge on any atom is 0.490 e. The van der Waals surface area contributed by atoms with Gasteiger partial charge in [-0.2, -0.15) is 26.3 Å². The van der Waals surface area contributed by atoms with Gasteiger partial charge in [0.15, 0.2) is 0 Å². The van der Waals surface area contributed by atoms with E-state index < -0.39 is 24.3 Å². The lowest BCUT2D eigenvalue weighted by molar-refractivity contribution is -0.193. The fraction of sp³-hybridized carbons (Fsp3) is 0.417. The molecule has 0 aliphatic carbocycles. The molecule has 0 spiro atoms. The Labute approximate surface area is 220 Å². The van der Waals surface area contributed by atoms with Crippen molar-refractivity contribution in [3.05, 3.63) is 58.8 Å². The molecule has 0 saturated heterocycles. The first-order valence-electron chi connectivity index (χ1n) is 11.3. The van der Waals surface area contributed by atoms with Crippen LogP contribution in [0.4, 0.5) is 32.2 Å². The van der Waals surface area contributed by atoms with Crippen molar-refractivity contribution in [2.45, 2.75) is 31.7 Å². The number of anilines is 1. The maximum absolute atomic E-state index is 12.2. The topological polar surface area (TPSA) is 123 Å². The summed E-state index contributed by atoms with van der Waals surface area (Å²) in [5.41, 5.74) is 4.30. The Hall–Kier alpha value is -3.88. The number of hydrogen-bond acceptors (Lipinski definition) is 6. The molecule has 9 nitrogen and oxygen atoms in total. The number of benzene rings is 1. The molecule has 3 N–H and O–H groups in total. The van der Waals surface area contributed by atoms with Gasteiger partial charge in [-0.25, -0.2) is 14.6 Å². The normalized spacial score (nSPS) is 13.4. The number of rotatable bonds is 4. The molecule has 1 aliphatic rings. The van der Waals surface area contributed by atoms with E-state index in [2.05, 4.69) is 40.5 Å². The van der Waals surface area contributed by atoms with E-state index in [0.717, 1.165) is 44.0 Å².